The van der Waals surface area contributed by atoms with Crippen LogP contribution < -0.4 is 10.6 Å². The maximum Gasteiger partial charge on any atom is 0.307 e. The van der Waals surface area contributed by atoms with Crippen LogP contribution in [0.25, 0.3) is 11.1 Å². The van der Waals surface area contributed by atoms with Crippen molar-refractivity contribution < 1.29 is 19.5 Å². The van der Waals surface area contributed by atoms with Gasteiger partial charge in [-0.1, -0.05) is 96.1 Å². The number of amides is 2. The molecule has 4 atom stereocenters. The van der Waals surface area contributed by atoms with E-state index in [0.717, 1.165) is 16.7 Å². The number of rotatable bonds is 12. The van der Waals surface area contributed by atoms with Crippen molar-refractivity contribution in [2.75, 3.05) is 0 Å². The third-order valence-electron chi connectivity index (χ3n) is 8.25. The predicted octanol–water partition coefficient (Wildman–Crippen LogP) is 7.15. The molecule has 0 radical (unpaired) electrons. The average Bonchev–Trinajstić information content (AvgIpc) is 2.94. The number of carbonyl (C=O) groups excluding carboxylic acids is 2. The first kappa shape index (κ1) is 34.5. The van der Waals surface area contributed by atoms with E-state index < -0.39 is 40.6 Å². The molecule has 3 N–H and O–H groups in total. The Morgan fingerprint density at radius 2 is 1.55 bits per heavy atom. The second kappa shape index (κ2) is 14.7. The van der Waals surface area contributed by atoms with Crippen LogP contribution in [0.3, 0.4) is 0 Å². The van der Waals surface area contributed by atoms with E-state index in [2.05, 4.69) is 52.9 Å². The van der Waals surface area contributed by atoms with E-state index in [-0.39, 0.29) is 11.9 Å². The summed E-state index contributed by atoms with van der Waals surface area (Å²) in [6.07, 6.45) is 5.09. The van der Waals surface area contributed by atoms with E-state index in [9.17, 15) is 19.5 Å². The highest BCUT2D eigenvalue weighted by molar-refractivity contribution is 5.91. The first-order chi connectivity index (χ1) is 20.6. The Hall–Kier alpha value is -4.00. The molecule has 2 aromatic carbocycles. The zero-order valence-corrected chi connectivity index (χ0v) is 27.5. The van der Waals surface area contributed by atoms with Crippen LogP contribution in [0.2, 0.25) is 0 Å². The van der Waals surface area contributed by atoms with Gasteiger partial charge in [0, 0.05) is 12.4 Å². The quantitative estimate of drug-likeness (QED) is 0.205. The van der Waals surface area contributed by atoms with Crippen LogP contribution in [-0.2, 0) is 20.8 Å². The van der Waals surface area contributed by atoms with Crippen LogP contribution in [-0.4, -0.2) is 33.9 Å². The van der Waals surface area contributed by atoms with Gasteiger partial charge in [0.15, 0.2) is 0 Å². The minimum Gasteiger partial charge on any atom is -0.481 e. The van der Waals surface area contributed by atoms with Crippen LogP contribution in [0.5, 0.6) is 0 Å². The number of nitrogens with one attached hydrogen (secondary N) is 2. The fourth-order valence-corrected chi connectivity index (χ4v) is 5.88. The Morgan fingerprint density at radius 1 is 0.864 bits per heavy atom. The van der Waals surface area contributed by atoms with Crippen molar-refractivity contribution in [3.8, 4) is 11.1 Å². The van der Waals surface area contributed by atoms with Gasteiger partial charge in [-0.3, -0.25) is 19.4 Å². The van der Waals surface area contributed by atoms with Crippen LogP contribution in [0.4, 0.5) is 0 Å². The van der Waals surface area contributed by atoms with Gasteiger partial charge in [-0.2, -0.15) is 0 Å². The lowest BCUT2D eigenvalue weighted by atomic mass is 9.70. The molecule has 0 saturated heterocycles. The molecule has 7 nitrogen and oxygen atoms in total. The van der Waals surface area contributed by atoms with E-state index in [1.807, 2.05) is 78.8 Å². The standard InChI is InChI=1S/C37H49N3O4/c1-24-22-26(19-20-29(24)27-15-10-9-11-16-27)14-12-18-30(31(35(43)44)36(3,4)5)33(41)40-32(37(6,7)8)34(42)39-25(2)28-17-13-21-38-23-28/h9-11,13,15-17,19-23,25,30-32H,12,14,18H2,1-8H3,(H,39,42)(H,40,41)(H,43,44)/t25-,30-,31?,32-/m1/s1. The summed E-state index contributed by atoms with van der Waals surface area (Å²) < 4.78 is 0. The normalized spacial score (nSPS) is 14.6. The maximum atomic E-state index is 14.0. The molecule has 3 rings (SSSR count). The fraction of sp³-hybridized carbons (Fsp3) is 0.459. The summed E-state index contributed by atoms with van der Waals surface area (Å²) in [7, 11) is 0. The second-order valence-electron chi connectivity index (χ2n) is 14.0. The number of benzene rings is 2. The lowest BCUT2D eigenvalue weighted by molar-refractivity contribution is -0.153. The van der Waals surface area contributed by atoms with Gasteiger partial charge in [0.2, 0.25) is 11.8 Å². The Balaban J connectivity index is 1.80. The van der Waals surface area contributed by atoms with Gasteiger partial charge in [-0.05, 0) is 77.8 Å². The summed E-state index contributed by atoms with van der Waals surface area (Å²) in [6, 6.07) is 19.1. The Labute approximate surface area is 262 Å². The smallest absolute Gasteiger partial charge is 0.307 e. The molecule has 44 heavy (non-hydrogen) atoms. The maximum absolute atomic E-state index is 14.0. The minimum absolute atomic E-state index is 0.313. The van der Waals surface area contributed by atoms with Gasteiger partial charge in [-0.15, -0.1) is 0 Å². The molecule has 0 fully saturated rings. The van der Waals surface area contributed by atoms with Crippen LogP contribution >= 0.6 is 0 Å². The van der Waals surface area contributed by atoms with E-state index in [4.69, 9.17) is 0 Å². The first-order valence-corrected chi connectivity index (χ1v) is 15.5. The van der Waals surface area contributed by atoms with Crippen molar-refractivity contribution in [3.63, 3.8) is 0 Å². The van der Waals surface area contributed by atoms with Gasteiger partial charge >= 0.3 is 5.97 Å². The molecule has 0 aliphatic heterocycles. The van der Waals surface area contributed by atoms with E-state index in [0.29, 0.717) is 19.3 Å². The third kappa shape index (κ3) is 9.25. The second-order valence-corrected chi connectivity index (χ2v) is 14.0. The number of carboxylic acids is 1. The Kier molecular flexibility index (Phi) is 11.5. The number of aryl methyl sites for hydroxylation is 2. The SMILES string of the molecule is Cc1cc(CCC[C@@H](C(=O)N[C@H](C(=O)N[C@H](C)c2cccnc2)C(C)(C)C)C(C(=O)O)C(C)(C)C)ccc1-c1ccccc1. The average molecular weight is 600 g/mol. The molecule has 2 amide bonds. The lowest BCUT2D eigenvalue weighted by Crippen LogP contribution is -2.56. The van der Waals surface area contributed by atoms with E-state index in [1.54, 1.807) is 12.4 Å². The van der Waals surface area contributed by atoms with Gasteiger partial charge in [0.25, 0.3) is 0 Å². The molecular formula is C37H49N3O4. The summed E-state index contributed by atoms with van der Waals surface area (Å²) >= 11 is 0. The summed E-state index contributed by atoms with van der Waals surface area (Å²) in [5.41, 5.74) is 4.21. The van der Waals surface area contributed by atoms with Crippen LogP contribution in [0.1, 0.15) is 84.0 Å². The van der Waals surface area contributed by atoms with Gasteiger partial charge in [-0.25, -0.2) is 0 Å². The molecular weight excluding hydrogens is 550 g/mol. The van der Waals surface area contributed by atoms with Crippen molar-refractivity contribution in [2.24, 2.45) is 22.7 Å². The van der Waals surface area contributed by atoms with Crippen LogP contribution in [0, 0.1) is 29.6 Å². The highest BCUT2D eigenvalue weighted by Crippen LogP contribution is 2.36. The number of hydrogen-bond donors (Lipinski definition) is 3. The number of aliphatic carboxylic acids is 1. The van der Waals surface area contributed by atoms with Gasteiger partial charge in [0.1, 0.15) is 6.04 Å². The van der Waals surface area contributed by atoms with Crippen molar-refractivity contribution in [1.82, 2.24) is 15.6 Å². The fourth-order valence-electron chi connectivity index (χ4n) is 5.88. The zero-order chi connectivity index (χ0) is 32.7. The highest BCUT2D eigenvalue weighted by atomic mass is 16.4. The van der Waals surface area contributed by atoms with Crippen molar-refractivity contribution in [2.45, 2.75) is 86.7 Å². The topological polar surface area (TPSA) is 108 Å². The van der Waals surface area contributed by atoms with Gasteiger partial charge in [0.05, 0.1) is 17.9 Å². The first-order valence-electron chi connectivity index (χ1n) is 15.5. The van der Waals surface area contributed by atoms with E-state index >= 15 is 0 Å². The van der Waals surface area contributed by atoms with Crippen molar-refractivity contribution in [1.29, 1.82) is 0 Å². The molecule has 1 aromatic heterocycles. The largest absolute Gasteiger partial charge is 0.481 e. The monoisotopic (exact) mass is 599 g/mol. The van der Waals surface area contributed by atoms with E-state index in [1.165, 1.54) is 11.1 Å². The Bertz CT molecular complexity index is 1410. The minimum atomic E-state index is -1.01. The van der Waals surface area contributed by atoms with Gasteiger partial charge < -0.3 is 15.7 Å². The summed E-state index contributed by atoms with van der Waals surface area (Å²) in [5.74, 6) is -3.49. The highest BCUT2D eigenvalue weighted by Gasteiger charge is 2.43. The summed E-state index contributed by atoms with van der Waals surface area (Å²) in [5, 5.41) is 16.3. The molecule has 1 unspecified atom stereocenters. The molecule has 7 heteroatoms. The lowest BCUT2D eigenvalue weighted by Gasteiger charge is -2.36. The molecule has 3 aromatic rings. The molecule has 0 aliphatic carbocycles. The number of pyridine rings is 1. The summed E-state index contributed by atoms with van der Waals surface area (Å²) in [6.45, 7) is 15.2. The molecule has 1 heterocycles. The number of nitrogens with zero attached hydrogens (tertiary/aromatic N) is 1. The molecule has 0 spiro atoms. The number of hydrogen-bond acceptors (Lipinski definition) is 4. The number of aromatic nitrogens is 1. The van der Waals surface area contributed by atoms with Crippen molar-refractivity contribution >= 4 is 17.8 Å². The van der Waals surface area contributed by atoms with Crippen molar-refractivity contribution in [3.05, 3.63) is 89.7 Å². The molecule has 0 saturated carbocycles. The predicted molar refractivity (Wildman–Crippen MR) is 176 cm³/mol. The third-order valence-corrected chi connectivity index (χ3v) is 8.25. The van der Waals surface area contributed by atoms with Crippen LogP contribution in [0.15, 0.2) is 73.1 Å². The molecule has 0 bridgehead atoms. The number of carboxylic acid groups (broad SMARTS) is 1. The number of carbonyl (C=O) groups is 3. The zero-order valence-electron chi connectivity index (χ0n) is 27.5. The molecule has 236 valence electrons. The molecule has 0 aliphatic rings. The summed E-state index contributed by atoms with van der Waals surface area (Å²) in [4.78, 5) is 44.2. The Morgan fingerprint density at radius 3 is 2.09 bits per heavy atom.